The van der Waals surface area contributed by atoms with Crippen LogP contribution in [0, 0.1) is 29.1 Å². The number of primary amides is 1. The van der Waals surface area contributed by atoms with Gasteiger partial charge in [-0.2, -0.15) is 0 Å². The quantitative estimate of drug-likeness (QED) is 0.703. The summed E-state index contributed by atoms with van der Waals surface area (Å²) in [5.41, 5.74) is 5.82. The molecule has 22 heavy (non-hydrogen) atoms. The zero-order valence-electron chi connectivity index (χ0n) is 12.7. The van der Waals surface area contributed by atoms with Crippen LogP contribution in [0.2, 0.25) is 0 Å². The summed E-state index contributed by atoms with van der Waals surface area (Å²) in [7, 11) is 0. The van der Waals surface area contributed by atoms with Crippen molar-refractivity contribution in [3.63, 3.8) is 0 Å². The van der Waals surface area contributed by atoms with Crippen molar-refractivity contribution in [1.29, 1.82) is 0 Å². The van der Waals surface area contributed by atoms with Crippen LogP contribution in [0.5, 0.6) is 0 Å². The van der Waals surface area contributed by atoms with Crippen molar-refractivity contribution in [3.05, 3.63) is 0 Å². The van der Waals surface area contributed by atoms with E-state index in [4.69, 9.17) is 5.73 Å². The number of nitrogens with two attached hydrogens (primary N) is 1. The highest BCUT2D eigenvalue weighted by Gasteiger charge is 2.71. The summed E-state index contributed by atoms with van der Waals surface area (Å²) in [6, 6.07) is -0.434. The normalized spacial score (nSPS) is 45.0. The monoisotopic (exact) mass is 309 g/mol. The Morgan fingerprint density at radius 3 is 2.41 bits per heavy atom. The minimum Gasteiger partial charge on any atom is -0.369 e. The number of nitrogens with one attached hydrogen (secondary N) is 2. The lowest BCUT2D eigenvalue weighted by Gasteiger charge is -2.32. The molecule has 4 unspecified atom stereocenters. The summed E-state index contributed by atoms with van der Waals surface area (Å²) < 4.78 is 13.9. The number of halogens is 1. The lowest BCUT2D eigenvalue weighted by Crippen LogP contribution is -2.54. The van der Waals surface area contributed by atoms with Crippen molar-refractivity contribution < 1.29 is 14.0 Å². The maximum absolute atomic E-state index is 13.9. The second kappa shape index (κ2) is 4.91. The number of piperidine rings is 1. The van der Waals surface area contributed by atoms with E-state index in [1.807, 2.05) is 0 Å². The summed E-state index contributed by atoms with van der Waals surface area (Å²) in [5.74, 6) is -0.617. The molecular weight excluding hydrogens is 285 g/mol. The average molecular weight is 309 g/mol. The second-order valence-corrected chi connectivity index (χ2v) is 7.60. The molecule has 1 aliphatic heterocycles. The number of rotatable bonds is 3. The van der Waals surface area contributed by atoms with Gasteiger partial charge < -0.3 is 16.4 Å². The molecule has 4 fully saturated rings. The van der Waals surface area contributed by atoms with Crippen LogP contribution in [0.4, 0.5) is 4.39 Å². The van der Waals surface area contributed by atoms with Crippen LogP contribution in [-0.4, -0.2) is 37.1 Å². The summed E-state index contributed by atoms with van der Waals surface area (Å²) in [5, 5.41) is 5.87. The van der Waals surface area contributed by atoms with E-state index in [0.29, 0.717) is 13.0 Å². The van der Waals surface area contributed by atoms with E-state index in [0.717, 1.165) is 25.7 Å². The minimum absolute atomic E-state index is 0.142. The Kier molecular flexibility index (Phi) is 3.22. The Balaban J connectivity index is 1.53. The van der Waals surface area contributed by atoms with E-state index in [9.17, 15) is 14.0 Å². The first-order valence-electron chi connectivity index (χ1n) is 8.49. The number of carbonyl (C=O) groups excluding carboxylic acids is 2. The molecule has 0 aromatic carbocycles. The Morgan fingerprint density at radius 2 is 1.82 bits per heavy atom. The molecule has 1 spiro atoms. The molecule has 0 aromatic heterocycles. The number of hydrogen-bond acceptors (Lipinski definition) is 3. The first-order chi connectivity index (χ1) is 10.5. The van der Waals surface area contributed by atoms with Crippen molar-refractivity contribution in [2.75, 3.05) is 13.1 Å². The maximum Gasteiger partial charge on any atom is 0.224 e. The third-order valence-corrected chi connectivity index (χ3v) is 6.71. The van der Waals surface area contributed by atoms with Crippen molar-refractivity contribution in [3.8, 4) is 0 Å². The maximum atomic E-state index is 13.9. The molecule has 3 saturated carbocycles. The topological polar surface area (TPSA) is 84.2 Å². The lowest BCUT2D eigenvalue weighted by atomic mass is 9.78. The molecule has 5 nitrogen and oxygen atoms in total. The van der Waals surface area contributed by atoms with E-state index in [2.05, 4.69) is 10.6 Å². The standard InChI is InChI=1S/C16H24FN3O2/c17-10-7-19-6-3-11(10)20-15(22)13-9-2-1-8(12(13)14(18)21)16(9)4-5-16/h8-13,19H,1-7H2,(H2,18,21)(H,20,22)/t8?,9?,10-,11+,12?,13?/m0/s1. The van der Waals surface area contributed by atoms with Gasteiger partial charge in [0.25, 0.3) is 0 Å². The summed E-state index contributed by atoms with van der Waals surface area (Å²) >= 11 is 0. The molecule has 4 aliphatic rings. The smallest absolute Gasteiger partial charge is 0.224 e. The molecule has 0 aromatic rings. The highest BCUT2D eigenvalue weighted by atomic mass is 19.1. The average Bonchev–Trinajstić information content (AvgIpc) is 3.15. The Morgan fingerprint density at radius 1 is 1.14 bits per heavy atom. The molecule has 2 amide bonds. The van der Waals surface area contributed by atoms with Gasteiger partial charge in [0.2, 0.25) is 11.8 Å². The van der Waals surface area contributed by atoms with E-state index in [1.165, 1.54) is 0 Å². The molecule has 122 valence electrons. The molecule has 6 atom stereocenters. The van der Waals surface area contributed by atoms with Crippen molar-refractivity contribution in [2.24, 2.45) is 34.8 Å². The molecule has 6 heteroatoms. The van der Waals surface area contributed by atoms with Gasteiger partial charge in [-0.05, 0) is 55.9 Å². The largest absolute Gasteiger partial charge is 0.369 e. The highest BCUT2D eigenvalue weighted by Crippen LogP contribution is 2.74. The van der Waals surface area contributed by atoms with E-state index < -0.39 is 12.2 Å². The Labute approximate surface area is 129 Å². The van der Waals surface area contributed by atoms with Crippen LogP contribution in [-0.2, 0) is 9.59 Å². The zero-order chi connectivity index (χ0) is 15.5. The van der Waals surface area contributed by atoms with Crippen LogP contribution >= 0.6 is 0 Å². The zero-order valence-corrected chi connectivity index (χ0v) is 12.7. The first-order valence-corrected chi connectivity index (χ1v) is 8.49. The van der Waals surface area contributed by atoms with E-state index in [1.54, 1.807) is 0 Å². The summed E-state index contributed by atoms with van der Waals surface area (Å²) in [6.45, 7) is 0.996. The predicted octanol–water partition coefficient (Wildman–Crippen LogP) is 0.340. The number of amides is 2. The van der Waals surface area contributed by atoms with Crippen LogP contribution < -0.4 is 16.4 Å². The summed E-state index contributed by atoms with van der Waals surface area (Å²) in [6.07, 6.45) is 3.81. The lowest BCUT2D eigenvalue weighted by molar-refractivity contribution is -0.136. The van der Waals surface area contributed by atoms with Crippen molar-refractivity contribution in [2.45, 2.75) is 44.3 Å². The van der Waals surface area contributed by atoms with Gasteiger partial charge in [0, 0.05) is 6.54 Å². The number of alkyl halides is 1. The van der Waals surface area contributed by atoms with Gasteiger partial charge in [-0.15, -0.1) is 0 Å². The van der Waals surface area contributed by atoms with E-state index in [-0.39, 0.29) is 47.4 Å². The Hall–Kier alpha value is -1.17. The second-order valence-electron chi connectivity index (χ2n) is 7.60. The fourth-order valence-corrected chi connectivity index (χ4v) is 5.65. The SMILES string of the molecule is NC(=O)C1C(C(=O)N[C@@H]2CCNC[C@@H]2F)C2CCC1C21CC1. The van der Waals surface area contributed by atoms with Crippen molar-refractivity contribution >= 4 is 11.8 Å². The molecule has 4 N–H and O–H groups in total. The third kappa shape index (κ3) is 1.92. The first kappa shape index (κ1) is 14.4. The molecule has 4 rings (SSSR count). The fraction of sp³-hybridized carbons (Fsp3) is 0.875. The van der Waals surface area contributed by atoms with Gasteiger partial charge in [-0.1, -0.05) is 0 Å². The molecule has 1 heterocycles. The molecule has 2 bridgehead atoms. The number of carbonyl (C=O) groups is 2. The van der Waals surface area contributed by atoms with Crippen LogP contribution in [0.25, 0.3) is 0 Å². The summed E-state index contributed by atoms with van der Waals surface area (Å²) in [4.78, 5) is 24.7. The third-order valence-electron chi connectivity index (χ3n) is 6.71. The molecular formula is C16H24FN3O2. The predicted molar refractivity (Wildman–Crippen MR) is 78.4 cm³/mol. The van der Waals surface area contributed by atoms with Gasteiger partial charge >= 0.3 is 0 Å². The molecule has 3 aliphatic carbocycles. The van der Waals surface area contributed by atoms with Crippen LogP contribution in [0.1, 0.15) is 32.1 Å². The minimum atomic E-state index is -1.06. The van der Waals surface area contributed by atoms with Crippen LogP contribution in [0.15, 0.2) is 0 Å². The number of hydrogen-bond donors (Lipinski definition) is 3. The fourth-order valence-electron chi connectivity index (χ4n) is 5.65. The Bertz CT molecular complexity index is 508. The molecule has 1 saturated heterocycles. The van der Waals surface area contributed by atoms with Gasteiger partial charge in [0.05, 0.1) is 17.9 Å². The van der Waals surface area contributed by atoms with Crippen molar-refractivity contribution in [1.82, 2.24) is 10.6 Å². The van der Waals surface area contributed by atoms with Gasteiger partial charge in [0.1, 0.15) is 6.17 Å². The molecule has 0 radical (unpaired) electrons. The van der Waals surface area contributed by atoms with Gasteiger partial charge in [0.15, 0.2) is 0 Å². The van der Waals surface area contributed by atoms with Crippen LogP contribution in [0.3, 0.4) is 0 Å². The van der Waals surface area contributed by atoms with E-state index >= 15 is 0 Å². The van der Waals surface area contributed by atoms with Gasteiger partial charge in [-0.25, -0.2) is 4.39 Å². The highest BCUT2D eigenvalue weighted by molar-refractivity contribution is 5.89. The van der Waals surface area contributed by atoms with Gasteiger partial charge in [-0.3, -0.25) is 9.59 Å².